The summed E-state index contributed by atoms with van der Waals surface area (Å²) in [6.45, 7) is 4.37. The molecule has 0 saturated heterocycles. The summed E-state index contributed by atoms with van der Waals surface area (Å²) in [5.41, 5.74) is 1.98. The molecule has 2 aromatic rings. The monoisotopic (exact) mass is 245 g/mol. The zero-order chi connectivity index (χ0) is 13.1. The van der Waals surface area contributed by atoms with Crippen molar-refractivity contribution in [2.45, 2.75) is 20.3 Å². The molecule has 2 rings (SSSR count). The first-order valence-electron chi connectivity index (χ1n) is 6.14. The van der Waals surface area contributed by atoms with Crippen LogP contribution in [-0.4, -0.2) is 26.8 Å². The third-order valence-corrected chi connectivity index (χ3v) is 2.70. The Hall–Kier alpha value is -1.91. The van der Waals surface area contributed by atoms with Crippen LogP contribution in [0.5, 0.6) is 0 Å². The summed E-state index contributed by atoms with van der Waals surface area (Å²) >= 11 is 0. The maximum atomic E-state index is 4.61. The zero-order valence-corrected chi connectivity index (χ0v) is 11.3. The fraction of sp³-hybridized carbons (Fsp3) is 0.462. The molecule has 0 unspecified atom stereocenters. The highest BCUT2D eigenvalue weighted by Gasteiger charge is 2.10. The smallest absolute Gasteiger partial charge is 0.180 e. The van der Waals surface area contributed by atoms with Gasteiger partial charge in [-0.25, -0.2) is 9.97 Å². The summed E-state index contributed by atoms with van der Waals surface area (Å²) in [7, 11) is 3.77. The van der Waals surface area contributed by atoms with Gasteiger partial charge in [0.05, 0.1) is 0 Å². The first-order chi connectivity index (χ1) is 8.60. The lowest BCUT2D eigenvalue weighted by atomic mass is 10.1. The Labute approximate surface area is 107 Å². The van der Waals surface area contributed by atoms with Crippen LogP contribution in [0.3, 0.4) is 0 Å². The van der Waals surface area contributed by atoms with Crippen LogP contribution in [0.25, 0.3) is 11.5 Å². The molecule has 5 nitrogen and oxygen atoms in total. The molecule has 18 heavy (non-hydrogen) atoms. The van der Waals surface area contributed by atoms with Crippen molar-refractivity contribution in [1.82, 2.24) is 19.7 Å². The van der Waals surface area contributed by atoms with Gasteiger partial charge in [-0.3, -0.25) is 4.68 Å². The molecule has 0 aromatic carbocycles. The van der Waals surface area contributed by atoms with Gasteiger partial charge in [0.2, 0.25) is 0 Å². The van der Waals surface area contributed by atoms with E-state index in [4.69, 9.17) is 0 Å². The van der Waals surface area contributed by atoms with E-state index < -0.39 is 0 Å². The predicted octanol–water partition coefficient (Wildman–Crippen LogP) is 2.12. The number of rotatable bonds is 4. The second-order valence-corrected chi connectivity index (χ2v) is 4.76. The minimum atomic E-state index is 0.573. The topological polar surface area (TPSA) is 55.6 Å². The molecule has 1 N–H and O–H groups in total. The third-order valence-electron chi connectivity index (χ3n) is 2.70. The summed E-state index contributed by atoms with van der Waals surface area (Å²) in [6.07, 6.45) is 2.70. The van der Waals surface area contributed by atoms with Crippen molar-refractivity contribution in [2.24, 2.45) is 13.0 Å². The van der Waals surface area contributed by atoms with Gasteiger partial charge < -0.3 is 5.32 Å². The van der Waals surface area contributed by atoms with Crippen LogP contribution in [0.1, 0.15) is 19.5 Å². The van der Waals surface area contributed by atoms with Crippen LogP contribution >= 0.6 is 0 Å². The van der Waals surface area contributed by atoms with Gasteiger partial charge in [0, 0.05) is 32.1 Å². The second kappa shape index (κ2) is 5.16. The number of aromatic nitrogens is 4. The lowest BCUT2D eigenvalue weighted by Gasteiger charge is -2.09. The number of aryl methyl sites for hydroxylation is 1. The Bertz CT molecular complexity index is 530. The molecule has 0 fully saturated rings. The molecule has 0 aliphatic carbocycles. The van der Waals surface area contributed by atoms with Crippen LogP contribution in [0.15, 0.2) is 18.3 Å². The van der Waals surface area contributed by atoms with Gasteiger partial charge in [-0.2, -0.15) is 5.10 Å². The lowest BCUT2D eigenvalue weighted by Crippen LogP contribution is -2.05. The fourth-order valence-electron chi connectivity index (χ4n) is 1.86. The van der Waals surface area contributed by atoms with Crippen molar-refractivity contribution in [1.29, 1.82) is 0 Å². The SMILES string of the molecule is CNc1cc(CC(C)C)nc(-c2ccnn2C)n1. The van der Waals surface area contributed by atoms with Gasteiger partial charge in [0.15, 0.2) is 5.82 Å². The molecule has 0 atom stereocenters. The summed E-state index contributed by atoms with van der Waals surface area (Å²) < 4.78 is 1.79. The predicted molar refractivity (Wildman–Crippen MR) is 72.3 cm³/mol. The average molecular weight is 245 g/mol. The molecule has 0 aliphatic rings. The maximum absolute atomic E-state index is 4.61. The van der Waals surface area contributed by atoms with Gasteiger partial charge in [-0.15, -0.1) is 0 Å². The van der Waals surface area contributed by atoms with Crippen molar-refractivity contribution in [3.05, 3.63) is 24.0 Å². The number of hydrogen-bond acceptors (Lipinski definition) is 4. The van der Waals surface area contributed by atoms with E-state index in [1.54, 1.807) is 10.9 Å². The summed E-state index contributed by atoms with van der Waals surface area (Å²) in [6, 6.07) is 3.92. The normalized spacial score (nSPS) is 10.9. The number of anilines is 1. The largest absolute Gasteiger partial charge is 0.373 e. The first-order valence-corrected chi connectivity index (χ1v) is 6.14. The quantitative estimate of drug-likeness (QED) is 0.896. The highest BCUT2D eigenvalue weighted by atomic mass is 15.3. The van der Waals surface area contributed by atoms with Gasteiger partial charge in [0.1, 0.15) is 11.5 Å². The van der Waals surface area contributed by atoms with Crippen LogP contribution in [-0.2, 0) is 13.5 Å². The van der Waals surface area contributed by atoms with Crippen molar-refractivity contribution < 1.29 is 0 Å². The van der Waals surface area contributed by atoms with Crippen LogP contribution < -0.4 is 5.32 Å². The van der Waals surface area contributed by atoms with Crippen LogP contribution in [0, 0.1) is 5.92 Å². The molecule has 0 radical (unpaired) electrons. The Morgan fingerprint density at radius 3 is 2.67 bits per heavy atom. The van der Waals surface area contributed by atoms with Crippen molar-refractivity contribution >= 4 is 5.82 Å². The van der Waals surface area contributed by atoms with E-state index in [2.05, 4.69) is 34.2 Å². The van der Waals surface area contributed by atoms with Crippen molar-refractivity contribution in [3.8, 4) is 11.5 Å². The first kappa shape index (κ1) is 12.5. The Morgan fingerprint density at radius 1 is 1.33 bits per heavy atom. The molecular weight excluding hydrogens is 226 g/mol. The Morgan fingerprint density at radius 2 is 2.11 bits per heavy atom. The van der Waals surface area contributed by atoms with E-state index in [1.165, 1.54) is 0 Å². The summed E-state index contributed by atoms with van der Waals surface area (Å²) in [5.74, 6) is 2.14. The van der Waals surface area contributed by atoms with E-state index >= 15 is 0 Å². The van der Waals surface area contributed by atoms with E-state index in [0.29, 0.717) is 5.92 Å². The fourth-order valence-corrected chi connectivity index (χ4v) is 1.86. The number of nitrogens with one attached hydrogen (secondary N) is 1. The molecule has 0 aliphatic heterocycles. The van der Waals surface area contributed by atoms with Gasteiger partial charge >= 0.3 is 0 Å². The van der Waals surface area contributed by atoms with E-state index in [-0.39, 0.29) is 0 Å². The highest BCUT2D eigenvalue weighted by Crippen LogP contribution is 2.18. The summed E-state index contributed by atoms with van der Waals surface area (Å²) in [5, 5.41) is 7.24. The Balaban J connectivity index is 2.44. The van der Waals surface area contributed by atoms with Gasteiger partial charge in [0.25, 0.3) is 0 Å². The highest BCUT2D eigenvalue weighted by molar-refractivity contribution is 5.53. The molecule has 0 bridgehead atoms. The molecule has 0 saturated carbocycles. The lowest BCUT2D eigenvalue weighted by molar-refractivity contribution is 0.634. The standard InChI is InChI=1S/C13H19N5/c1-9(2)7-10-8-12(14-3)17-13(16-10)11-5-6-15-18(11)4/h5-6,8-9H,7H2,1-4H3,(H,14,16,17). The van der Waals surface area contributed by atoms with Gasteiger partial charge in [-0.05, 0) is 18.4 Å². The molecule has 2 heterocycles. The second-order valence-electron chi connectivity index (χ2n) is 4.76. The molecule has 96 valence electrons. The van der Waals surface area contributed by atoms with E-state index in [0.717, 1.165) is 29.5 Å². The minimum Gasteiger partial charge on any atom is -0.373 e. The molecule has 5 heteroatoms. The maximum Gasteiger partial charge on any atom is 0.180 e. The average Bonchev–Trinajstić information content (AvgIpc) is 2.74. The number of hydrogen-bond donors (Lipinski definition) is 1. The zero-order valence-electron chi connectivity index (χ0n) is 11.3. The van der Waals surface area contributed by atoms with Crippen molar-refractivity contribution in [2.75, 3.05) is 12.4 Å². The van der Waals surface area contributed by atoms with Crippen molar-refractivity contribution in [3.63, 3.8) is 0 Å². The molecule has 0 amide bonds. The van der Waals surface area contributed by atoms with E-state index in [9.17, 15) is 0 Å². The van der Waals surface area contributed by atoms with Crippen LogP contribution in [0.2, 0.25) is 0 Å². The van der Waals surface area contributed by atoms with Crippen LogP contribution in [0.4, 0.5) is 5.82 Å². The molecular formula is C13H19N5. The minimum absolute atomic E-state index is 0.573. The summed E-state index contributed by atoms with van der Waals surface area (Å²) in [4.78, 5) is 9.09. The van der Waals surface area contributed by atoms with E-state index in [1.807, 2.05) is 26.2 Å². The van der Waals surface area contributed by atoms with Gasteiger partial charge in [-0.1, -0.05) is 13.8 Å². The number of nitrogens with zero attached hydrogens (tertiary/aromatic N) is 4. The molecule has 2 aromatic heterocycles. The third kappa shape index (κ3) is 2.67. The molecule has 0 spiro atoms. The Kier molecular flexibility index (Phi) is 3.60.